The van der Waals surface area contributed by atoms with Gasteiger partial charge in [-0.1, -0.05) is 12.1 Å². The van der Waals surface area contributed by atoms with Crippen LogP contribution in [0.1, 0.15) is 15.9 Å². The number of benzene rings is 1. The standard InChI is InChI=1S/C13H11FN2O2/c14-11-3-1-9(2-4-11)8-16-13(18)10-5-6-15-12(17)7-10/h1-7H,8H2,(H,15,17)(H,16,18). The van der Waals surface area contributed by atoms with Crippen LogP contribution in [0.25, 0.3) is 0 Å². The third-order valence-electron chi connectivity index (χ3n) is 2.40. The topological polar surface area (TPSA) is 62.0 Å². The van der Waals surface area contributed by atoms with Crippen LogP contribution in [-0.4, -0.2) is 10.9 Å². The van der Waals surface area contributed by atoms with Gasteiger partial charge in [0, 0.05) is 24.4 Å². The van der Waals surface area contributed by atoms with Crippen LogP contribution >= 0.6 is 0 Å². The first-order valence-electron chi connectivity index (χ1n) is 5.36. The Morgan fingerprint density at radius 3 is 2.61 bits per heavy atom. The molecule has 2 N–H and O–H groups in total. The van der Waals surface area contributed by atoms with Gasteiger partial charge in [-0.3, -0.25) is 9.59 Å². The van der Waals surface area contributed by atoms with Crippen molar-refractivity contribution in [2.24, 2.45) is 0 Å². The van der Waals surface area contributed by atoms with Gasteiger partial charge in [0.25, 0.3) is 5.91 Å². The summed E-state index contributed by atoms with van der Waals surface area (Å²) in [4.78, 5) is 25.2. The maximum absolute atomic E-state index is 12.7. The van der Waals surface area contributed by atoms with Gasteiger partial charge in [-0.2, -0.15) is 0 Å². The van der Waals surface area contributed by atoms with Gasteiger partial charge < -0.3 is 10.3 Å². The molecule has 0 radical (unpaired) electrons. The molecule has 4 nitrogen and oxygen atoms in total. The fraction of sp³-hybridized carbons (Fsp3) is 0.0769. The van der Waals surface area contributed by atoms with E-state index >= 15 is 0 Å². The van der Waals surface area contributed by atoms with E-state index < -0.39 is 0 Å². The summed E-state index contributed by atoms with van der Waals surface area (Å²) >= 11 is 0. The van der Waals surface area contributed by atoms with Crippen molar-refractivity contribution < 1.29 is 9.18 Å². The van der Waals surface area contributed by atoms with Crippen LogP contribution in [0.3, 0.4) is 0 Å². The van der Waals surface area contributed by atoms with E-state index in [2.05, 4.69) is 10.3 Å². The molecule has 1 heterocycles. The summed E-state index contributed by atoms with van der Waals surface area (Å²) in [5.41, 5.74) is 0.750. The molecular formula is C13H11FN2O2. The molecule has 0 aliphatic heterocycles. The van der Waals surface area contributed by atoms with Crippen molar-refractivity contribution in [3.63, 3.8) is 0 Å². The van der Waals surface area contributed by atoms with E-state index in [-0.39, 0.29) is 23.8 Å². The monoisotopic (exact) mass is 246 g/mol. The van der Waals surface area contributed by atoms with Crippen molar-refractivity contribution in [1.29, 1.82) is 0 Å². The first-order valence-corrected chi connectivity index (χ1v) is 5.36. The Hall–Kier alpha value is -2.43. The predicted octanol–water partition coefficient (Wildman–Crippen LogP) is 1.44. The number of hydrogen-bond acceptors (Lipinski definition) is 2. The predicted molar refractivity (Wildman–Crippen MR) is 64.6 cm³/mol. The first-order chi connectivity index (χ1) is 8.65. The largest absolute Gasteiger partial charge is 0.348 e. The van der Waals surface area contributed by atoms with Crippen molar-refractivity contribution in [3.05, 3.63) is 69.9 Å². The number of amides is 1. The number of pyridine rings is 1. The highest BCUT2D eigenvalue weighted by molar-refractivity contribution is 5.93. The van der Waals surface area contributed by atoms with E-state index in [9.17, 15) is 14.0 Å². The molecule has 5 heteroatoms. The number of nitrogens with one attached hydrogen (secondary N) is 2. The van der Waals surface area contributed by atoms with Crippen molar-refractivity contribution in [2.45, 2.75) is 6.54 Å². The Balaban J connectivity index is 2.00. The minimum absolute atomic E-state index is 0.284. The van der Waals surface area contributed by atoms with Crippen LogP contribution in [0.2, 0.25) is 0 Å². The normalized spacial score (nSPS) is 10.1. The summed E-state index contributed by atoms with van der Waals surface area (Å²) in [6.45, 7) is 0.284. The van der Waals surface area contributed by atoms with E-state index in [1.165, 1.54) is 30.5 Å². The molecule has 0 saturated heterocycles. The fourth-order valence-electron chi connectivity index (χ4n) is 1.47. The molecule has 2 aromatic rings. The molecule has 1 aromatic carbocycles. The molecule has 18 heavy (non-hydrogen) atoms. The summed E-state index contributed by atoms with van der Waals surface area (Å²) < 4.78 is 12.7. The number of H-pyrrole nitrogens is 1. The third kappa shape index (κ3) is 3.04. The lowest BCUT2D eigenvalue weighted by atomic mass is 10.2. The minimum Gasteiger partial charge on any atom is -0.348 e. The number of rotatable bonds is 3. The van der Waals surface area contributed by atoms with Gasteiger partial charge in [0.15, 0.2) is 0 Å². The van der Waals surface area contributed by atoms with Gasteiger partial charge in [0.05, 0.1) is 0 Å². The van der Waals surface area contributed by atoms with Crippen LogP contribution in [0, 0.1) is 5.82 Å². The molecule has 1 amide bonds. The number of carbonyl (C=O) groups excluding carboxylic acids is 1. The summed E-state index contributed by atoms with van der Waals surface area (Å²) in [7, 11) is 0. The molecule has 0 fully saturated rings. The van der Waals surface area contributed by atoms with Crippen molar-refractivity contribution in [3.8, 4) is 0 Å². The molecule has 1 aromatic heterocycles. The molecule has 92 valence electrons. The van der Waals surface area contributed by atoms with E-state index in [4.69, 9.17) is 0 Å². The summed E-state index contributed by atoms with van der Waals surface area (Å²) in [5, 5.41) is 2.65. The fourth-order valence-corrected chi connectivity index (χ4v) is 1.47. The van der Waals surface area contributed by atoms with Gasteiger partial charge in [-0.25, -0.2) is 4.39 Å². The zero-order valence-electron chi connectivity index (χ0n) is 9.44. The highest BCUT2D eigenvalue weighted by Crippen LogP contribution is 2.02. The average Bonchev–Trinajstić information content (AvgIpc) is 2.38. The van der Waals surface area contributed by atoms with Gasteiger partial charge in [-0.15, -0.1) is 0 Å². The molecular weight excluding hydrogens is 235 g/mol. The molecule has 0 spiro atoms. The maximum Gasteiger partial charge on any atom is 0.251 e. The zero-order chi connectivity index (χ0) is 13.0. The number of hydrogen-bond donors (Lipinski definition) is 2. The Bertz CT molecular complexity index is 605. The van der Waals surface area contributed by atoms with Crippen LogP contribution < -0.4 is 10.9 Å². The summed E-state index contributed by atoms with van der Waals surface area (Å²) in [6.07, 6.45) is 1.41. The number of aromatic amines is 1. The van der Waals surface area contributed by atoms with E-state index in [1.807, 2.05) is 0 Å². The van der Waals surface area contributed by atoms with Crippen molar-refractivity contribution in [1.82, 2.24) is 10.3 Å². The lowest BCUT2D eigenvalue weighted by molar-refractivity contribution is 0.0950. The lowest BCUT2D eigenvalue weighted by Crippen LogP contribution is -2.24. The Kier molecular flexibility index (Phi) is 3.52. The molecule has 0 bridgehead atoms. The SMILES string of the molecule is O=C(NCc1ccc(F)cc1)c1cc[nH]c(=O)c1. The molecule has 0 saturated carbocycles. The number of carbonyl (C=O) groups is 1. The van der Waals surface area contributed by atoms with Crippen molar-refractivity contribution >= 4 is 5.91 Å². The second kappa shape index (κ2) is 5.27. The Morgan fingerprint density at radius 2 is 1.94 bits per heavy atom. The summed E-state index contributed by atoms with van der Waals surface area (Å²) in [5.74, 6) is -0.662. The number of halogens is 1. The second-order valence-corrected chi connectivity index (χ2v) is 3.75. The van der Waals surface area contributed by atoms with Crippen LogP contribution in [0.4, 0.5) is 4.39 Å². The first kappa shape index (κ1) is 12.0. The summed E-state index contributed by atoms with van der Waals surface area (Å²) in [6, 6.07) is 8.58. The Morgan fingerprint density at radius 1 is 1.22 bits per heavy atom. The van der Waals surface area contributed by atoms with E-state index in [1.54, 1.807) is 12.1 Å². The minimum atomic E-state index is -0.342. The van der Waals surface area contributed by atoms with Gasteiger partial charge in [0.2, 0.25) is 5.56 Å². The molecule has 0 aliphatic carbocycles. The van der Waals surface area contributed by atoms with E-state index in [0.29, 0.717) is 5.56 Å². The molecule has 2 rings (SSSR count). The van der Waals surface area contributed by atoms with E-state index in [0.717, 1.165) is 5.56 Å². The zero-order valence-corrected chi connectivity index (χ0v) is 9.44. The van der Waals surface area contributed by atoms with Crippen LogP contribution in [0.5, 0.6) is 0 Å². The second-order valence-electron chi connectivity index (χ2n) is 3.75. The van der Waals surface area contributed by atoms with Crippen LogP contribution in [0.15, 0.2) is 47.4 Å². The van der Waals surface area contributed by atoms with Crippen LogP contribution in [-0.2, 0) is 6.54 Å². The smallest absolute Gasteiger partial charge is 0.251 e. The lowest BCUT2D eigenvalue weighted by Gasteiger charge is -2.04. The molecule has 0 unspecified atom stereocenters. The number of aromatic nitrogens is 1. The molecule has 0 aliphatic rings. The Labute approximate surface area is 102 Å². The highest BCUT2D eigenvalue weighted by Gasteiger charge is 2.05. The molecule has 0 atom stereocenters. The van der Waals surface area contributed by atoms with Gasteiger partial charge >= 0.3 is 0 Å². The van der Waals surface area contributed by atoms with Crippen molar-refractivity contribution in [2.75, 3.05) is 0 Å². The highest BCUT2D eigenvalue weighted by atomic mass is 19.1. The maximum atomic E-state index is 12.7. The third-order valence-corrected chi connectivity index (χ3v) is 2.40. The van der Waals surface area contributed by atoms with Gasteiger partial charge in [0.1, 0.15) is 5.82 Å². The van der Waals surface area contributed by atoms with Gasteiger partial charge in [-0.05, 0) is 23.8 Å². The average molecular weight is 246 g/mol. The quantitative estimate of drug-likeness (QED) is 0.860.